The van der Waals surface area contributed by atoms with Gasteiger partial charge in [0.15, 0.2) is 0 Å². The van der Waals surface area contributed by atoms with Gasteiger partial charge in [0.1, 0.15) is 16.2 Å². The average molecular weight is 299 g/mol. The SMILES string of the molecule is N#CS.N#CS.N#CS.[Sb]. The van der Waals surface area contributed by atoms with Crippen molar-refractivity contribution in [1.82, 2.24) is 0 Å². The van der Waals surface area contributed by atoms with Crippen molar-refractivity contribution in [3.8, 4) is 16.2 Å². The molecule has 0 aliphatic rings. The van der Waals surface area contributed by atoms with Crippen LogP contribution >= 0.6 is 37.9 Å². The van der Waals surface area contributed by atoms with Gasteiger partial charge in [-0.25, -0.2) is 0 Å². The molecule has 53 valence electrons. The average Bonchev–Trinajstić information content (AvgIpc) is 1.70. The monoisotopic (exact) mass is 298 g/mol. The third-order valence-electron chi connectivity index (χ3n) is 0. The normalized spacial score (nSPS) is 2.40. The van der Waals surface area contributed by atoms with Crippen molar-refractivity contribution in [2.24, 2.45) is 0 Å². The minimum atomic E-state index is 0. The molecular weight excluding hydrogens is 296 g/mol. The van der Waals surface area contributed by atoms with E-state index in [1.807, 2.05) is 0 Å². The second-order valence-electron chi connectivity index (χ2n) is 0.300. The molecule has 0 atom stereocenters. The molecule has 0 bridgehead atoms. The molecular formula is C3H3N3S3Sb. The van der Waals surface area contributed by atoms with E-state index in [-0.39, 0.29) is 24.4 Å². The van der Waals surface area contributed by atoms with Crippen LogP contribution in [0.2, 0.25) is 0 Å². The second-order valence-corrected chi connectivity index (χ2v) is 0.900. The van der Waals surface area contributed by atoms with Crippen molar-refractivity contribution in [3.63, 3.8) is 0 Å². The van der Waals surface area contributed by atoms with Gasteiger partial charge in [-0.05, 0) is 0 Å². The Morgan fingerprint density at radius 1 is 0.700 bits per heavy atom. The van der Waals surface area contributed by atoms with Gasteiger partial charge >= 0.3 is 0 Å². The maximum Gasteiger partial charge on any atom is 0.130 e. The van der Waals surface area contributed by atoms with E-state index in [1.165, 1.54) is 16.2 Å². The summed E-state index contributed by atoms with van der Waals surface area (Å²) in [6, 6.07) is 0. The molecule has 10 heavy (non-hydrogen) atoms. The third-order valence-corrected chi connectivity index (χ3v) is 0. The summed E-state index contributed by atoms with van der Waals surface area (Å²) in [4.78, 5) is 0. The standard InChI is InChI=1S/3CHNS.Sb/c3*2-1-3;/h3*3H;. The summed E-state index contributed by atoms with van der Waals surface area (Å²) >= 11 is 9.28. The summed E-state index contributed by atoms with van der Waals surface area (Å²) < 4.78 is 0. The molecule has 0 spiro atoms. The Hall–Kier alpha value is 0.338. The van der Waals surface area contributed by atoms with Gasteiger partial charge in [0.2, 0.25) is 0 Å². The molecule has 0 aliphatic heterocycles. The summed E-state index contributed by atoms with van der Waals surface area (Å²) in [6.07, 6.45) is 0. The van der Waals surface area contributed by atoms with Crippen LogP contribution in [0.15, 0.2) is 0 Å². The van der Waals surface area contributed by atoms with E-state index in [1.54, 1.807) is 0 Å². The fourth-order valence-electron chi connectivity index (χ4n) is 0. The van der Waals surface area contributed by atoms with Crippen molar-refractivity contribution >= 4 is 62.3 Å². The molecule has 0 amide bonds. The van der Waals surface area contributed by atoms with Gasteiger partial charge in [-0.1, -0.05) is 37.9 Å². The Morgan fingerprint density at radius 2 is 0.700 bits per heavy atom. The number of hydrogen-bond acceptors (Lipinski definition) is 6. The summed E-state index contributed by atoms with van der Waals surface area (Å²) in [5, 5.41) is 25.9. The molecule has 3 radical (unpaired) electrons. The first-order valence-corrected chi connectivity index (χ1v) is 2.68. The first-order chi connectivity index (χ1) is 4.24. The van der Waals surface area contributed by atoms with E-state index < -0.39 is 0 Å². The van der Waals surface area contributed by atoms with Crippen LogP contribution in [0.5, 0.6) is 0 Å². The Labute approximate surface area is 93.7 Å². The molecule has 0 aromatic rings. The van der Waals surface area contributed by atoms with E-state index in [0.717, 1.165) is 0 Å². The third kappa shape index (κ3) is 3930. The van der Waals surface area contributed by atoms with Crippen LogP contribution in [-0.4, -0.2) is 24.4 Å². The molecule has 0 aliphatic carbocycles. The maximum atomic E-state index is 7.18. The maximum absolute atomic E-state index is 7.18. The minimum absolute atomic E-state index is 0. The van der Waals surface area contributed by atoms with Crippen LogP contribution in [0.1, 0.15) is 0 Å². The van der Waals surface area contributed by atoms with E-state index in [2.05, 4.69) is 37.9 Å². The Balaban J connectivity index is -0.0000000257. The Kier molecular flexibility index (Phi) is 131. The van der Waals surface area contributed by atoms with Gasteiger partial charge < -0.3 is 0 Å². The molecule has 3 nitrogen and oxygen atoms in total. The topological polar surface area (TPSA) is 71.4 Å². The molecule has 0 heterocycles. The van der Waals surface area contributed by atoms with Crippen molar-refractivity contribution in [3.05, 3.63) is 0 Å². The van der Waals surface area contributed by atoms with Gasteiger partial charge in [-0.15, -0.1) is 0 Å². The smallest absolute Gasteiger partial charge is 0.130 e. The molecule has 0 fully saturated rings. The van der Waals surface area contributed by atoms with E-state index in [9.17, 15) is 0 Å². The van der Waals surface area contributed by atoms with Gasteiger partial charge in [-0.2, -0.15) is 15.8 Å². The fourth-order valence-corrected chi connectivity index (χ4v) is 0. The summed E-state index contributed by atoms with van der Waals surface area (Å²) in [5.41, 5.74) is 0. The first-order valence-electron chi connectivity index (χ1n) is 1.34. The zero-order valence-electron chi connectivity index (χ0n) is 4.63. The van der Waals surface area contributed by atoms with Crippen LogP contribution < -0.4 is 0 Å². The number of nitrogens with zero attached hydrogens (tertiary/aromatic N) is 3. The summed E-state index contributed by atoms with van der Waals surface area (Å²) in [6.45, 7) is 0. The molecule has 0 unspecified atom stereocenters. The fraction of sp³-hybridized carbons (Fsp3) is 0. The van der Waals surface area contributed by atoms with Crippen LogP contribution in [0.25, 0.3) is 0 Å². The van der Waals surface area contributed by atoms with Gasteiger partial charge in [-0.3, -0.25) is 0 Å². The van der Waals surface area contributed by atoms with Crippen molar-refractivity contribution < 1.29 is 0 Å². The summed E-state index contributed by atoms with van der Waals surface area (Å²) in [5.74, 6) is 0. The van der Waals surface area contributed by atoms with Crippen LogP contribution in [0, 0.1) is 32.0 Å². The van der Waals surface area contributed by atoms with E-state index in [4.69, 9.17) is 15.8 Å². The minimum Gasteiger partial charge on any atom is -0.185 e. The van der Waals surface area contributed by atoms with E-state index >= 15 is 0 Å². The van der Waals surface area contributed by atoms with Crippen LogP contribution in [-0.2, 0) is 0 Å². The van der Waals surface area contributed by atoms with Crippen molar-refractivity contribution in [2.45, 2.75) is 0 Å². The Morgan fingerprint density at radius 3 is 0.700 bits per heavy atom. The molecule has 0 rings (SSSR count). The van der Waals surface area contributed by atoms with Crippen LogP contribution in [0.4, 0.5) is 0 Å². The zero-order chi connectivity index (χ0) is 8.12. The van der Waals surface area contributed by atoms with Crippen LogP contribution in [0.3, 0.4) is 0 Å². The number of nitriles is 3. The molecule has 0 saturated carbocycles. The molecule has 0 aromatic carbocycles. The summed E-state index contributed by atoms with van der Waals surface area (Å²) in [7, 11) is 0. The number of thiocyanates is 3. The molecule has 0 N–H and O–H groups in total. The second kappa shape index (κ2) is 58.3. The predicted molar refractivity (Wildman–Crippen MR) is 49.6 cm³/mol. The zero-order valence-corrected chi connectivity index (χ0v) is 9.87. The first kappa shape index (κ1) is 22.4. The molecule has 7 heteroatoms. The van der Waals surface area contributed by atoms with Gasteiger partial charge in [0.25, 0.3) is 0 Å². The molecule has 0 saturated heterocycles. The number of rotatable bonds is 0. The van der Waals surface area contributed by atoms with Crippen molar-refractivity contribution in [2.75, 3.05) is 0 Å². The quantitative estimate of drug-likeness (QED) is 0.352. The number of thiol groups is 3. The van der Waals surface area contributed by atoms with Gasteiger partial charge in [0, 0.05) is 24.4 Å². The van der Waals surface area contributed by atoms with Gasteiger partial charge in [0.05, 0.1) is 0 Å². The predicted octanol–water partition coefficient (Wildman–Crippen LogP) is 0.811. The number of hydrogen-bond donors (Lipinski definition) is 3. The van der Waals surface area contributed by atoms with E-state index in [0.29, 0.717) is 0 Å². The Bertz CT molecular complexity index is 112. The largest absolute Gasteiger partial charge is 0.185 e. The van der Waals surface area contributed by atoms with Crippen molar-refractivity contribution in [1.29, 1.82) is 15.8 Å². The molecule has 0 aromatic heterocycles.